The van der Waals surface area contributed by atoms with E-state index in [4.69, 9.17) is 0 Å². The third-order valence-corrected chi connectivity index (χ3v) is 3.68. The molecule has 1 saturated carbocycles. The summed E-state index contributed by atoms with van der Waals surface area (Å²) in [4.78, 5) is 20.6. The highest BCUT2D eigenvalue weighted by Crippen LogP contribution is 2.17. The van der Waals surface area contributed by atoms with Crippen molar-refractivity contribution in [3.63, 3.8) is 0 Å². The van der Waals surface area contributed by atoms with Gasteiger partial charge in [0.05, 0.1) is 0 Å². The lowest BCUT2D eigenvalue weighted by Crippen LogP contribution is -2.36. The molecular formula is C16H22F2N4O. The van der Waals surface area contributed by atoms with Gasteiger partial charge in [0.15, 0.2) is 0 Å². The van der Waals surface area contributed by atoms with Gasteiger partial charge < -0.3 is 5.32 Å². The first-order chi connectivity index (χ1) is 11.2. The van der Waals surface area contributed by atoms with Gasteiger partial charge in [-0.15, -0.1) is 0 Å². The number of hydrogen-bond donors (Lipinski definition) is 1. The van der Waals surface area contributed by atoms with Crippen molar-refractivity contribution in [2.24, 2.45) is 0 Å². The van der Waals surface area contributed by atoms with E-state index in [2.05, 4.69) is 15.3 Å². The lowest BCUT2D eigenvalue weighted by Gasteiger charge is -2.22. The van der Waals surface area contributed by atoms with Crippen LogP contribution in [0.25, 0.3) is 5.82 Å². The van der Waals surface area contributed by atoms with Crippen molar-refractivity contribution >= 4 is 5.91 Å². The summed E-state index contributed by atoms with van der Waals surface area (Å²) in [5, 5.41) is 3.08. The standard InChI is InChI=1S/C15H18N4O.CH2F2.H2/c20-15(17-12-5-2-1-3-6-12)13-7-4-8-14(18-13)19-10-9-16-11-19;2-1-3;/h4,7-12H,1-3,5-6H2,(H,17,20);1H2;1H. The van der Waals surface area contributed by atoms with Crippen LogP contribution in [0, 0.1) is 0 Å². The van der Waals surface area contributed by atoms with E-state index in [9.17, 15) is 13.6 Å². The van der Waals surface area contributed by atoms with Crippen molar-refractivity contribution in [3.8, 4) is 5.82 Å². The van der Waals surface area contributed by atoms with Crippen LogP contribution in [0.3, 0.4) is 0 Å². The number of rotatable bonds is 3. The number of aromatic nitrogens is 3. The molecule has 1 aliphatic rings. The molecule has 0 aromatic carbocycles. The van der Waals surface area contributed by atoms with E-state index >= 15 is 0 Å². The van der Waals surface area contributed by atoms with Crippen molar-refractivity contribution in [3.05, 3.63) is 42.6 Å². The number of imidazole rings is 1. The second-order valence-electron chi connectivity index (χ2n) is 5.26. The Morgan fingerprint density at radius 2 is 2.04 bits per heavy atom. The highest BCUT2D eigenvalue weighted by atomic mass is 19.3. The molecule has 2 aromatic heterocycles. The summed E-state index contributed by atoms with van der Waals surface area (Å²) in [6, 6.07) is 5.76. The molecule has 2 heterocycles. The zero-order valence-electron chi connectivity index (χ0n) is 12.8. The van der Waals surface area contributed by atoms with Crippen LogP contribution in [0.4, 0.5) is 8.78 Å². The van der Waals surface area contributed by atoms with Gasteiger partial charge in [0.25, 0.3) is 5.91 Å². The molecule has 0 atom stereocenters. The van der Waals surface area contributed by atoms with Crippen LogP contribution in [-0.2, 0) is 0 Å². The Labute approximate surface area is 135 Å². The van der Waals surface area contributed by atoms with Gasteiger partial charge in [-0.25, -0.2) is 18.7 Å². The van der Waals surface area contributed by atoms with Crippen LogP contribution in [0.2, 0.25) is 0 Å². The van der Waals surface area contributed by atoms with Crippen LogP contribution in [-0.4, -0.2) is 33.4 Å². The van der Waals surface area contributed by atoms with E-state index < -0.39 is 6.93 Å². The zero-order valence-corrected chi connectivity index (χ0v) is 12.8. The smallest absolute Gasteiger partial charge is 0.270 e. The van der Waals surface area contributed by atoms with E-state index in [1.165, 1.54) is 19.3 Å². The summed E-state index contributed by atoms with van der Waals surface area (Å²) in [5.41, 5.74) is 0.460. The van der Waals surface area contributed by atoms with E-state index in [0.717, 1.165) is 12.8 Å². The minimum atomic E-state index is -1.75. The molecule has 0 spiro atoms. The normalized spacial score (nSPS) is 14.7. The van der Waals surface area contributed by atoms with Crippen molar-refractivity contribution < 1.29 is 15.0 Å². The zero-order chi connectivity index (χ0) is 16.5. The lowest BCUT2D eigenvalue weighted by molar-refractivity contribution is 0.0922. The Hall–Kier alpha value is -2.31. The highest BCUT2D eigenvalue weighted by Gasteiger charge is 2.17. The summed E-state index contributed by atoms with van der Waals surface area (Å²) in [7, 11) is 0. The van der Waals surface area contributed by atoms with Gasteiger partial charge in [-0.05, 0) is 25.0 Å². The number of carbonyl (C=O) groups excluding carboxylic acids is 1. The quantitative estimate of drug-likeness (QED) is 0.940. The molecule has 0 unspecified atom stereocenters. The molecular weight excluding hydrogens is 302 g/mol. The summed E-state index contributed by atoms with van der Waals surface area (Å²) >= 11 is 0. The molecule has 1 N–H and O–H groups in total. The van der Waals surface area contributed by atoms with Crippen molar-refractivity contribution in [1.29, 1.82) is 0 Å². The van der Waals surface area contributed by atoms with Crippen molar-refractivity contribution in [2.75, 3.05) is 6.93 Å². The maximum atomic E-state index is 12.2. The van der Waals surface area contributed by atoms with Gasteiger partial charge in [-0.3, -0.25) is 9.36 Å². The lowest BCUT2D eigenvalue weighted by atomic mass is 9.95. The maximum Gasteiger partial charge on any atom is 0.270 e. The summed E-state index contributed by atoms with van der Waals surface area (Å²) in [6.07, 6.45) is 11.0. The van der Waals surface area contributed by atoms with Crippen LogP contribution in [0.15, 0.2) is 36.9 Å². The molecule has 7 heteroatoms. The molecule has 23 heavy (non-hydrogen) atoms. The summed E-state index contributed by atoms with van der Waals surface area (Å²) in [5.74, 6) is 0.623. The third-order valence-electron chi connectivity index (χ3n) is 3.68. The Balaban J connectivity index is 0.000000671. The molecule has 3 rings (SSSR count). The Morgan fingerprint density at radius 1 is 1.30 bits per heavy atom. The first-order valence-electron chi connectivity index (χ1n) is 7.62. The maximum absolute atomic E-state index is 12.2. The Morgan fingerprint density at radius 3 is 2.70 bits per heavy atom. The van der Waals surface area contributed by atoms with Gasteiger partial charge in [-0.2, -0.15) is 0 Å². The second kappa shape index (κ2) is 8.97. The summed E-state index contributed by atoms with van der Waals surface area (Å²) < 4.78 is 21.0. The molecule has 5 nitrogen and oxygen atoms in total. The molecule has 126 valence electrons. The highest BCUT2D eigenvalue weighted by molar-refractivity contribution is 5.92. The minimum Gasteiger partial charge on any atom is -0.348 e. The van der Waals surface area contributed by atoms with Gasteiger partial charge >= 0.3 is 0 Å². The Kier molecular flexibility index (Phi) is 6.65. The van der Waals surface area contributed by atoms with E-state index in [1.54, 1.807) is 23.2 Å². The molecule has 0 radical (unpaired) electrons. The third kappa shape index (κ3) is 5.12. The monoisotopic (exact) mass is 324 g/mol. The molecule has 1 aliphatic carbocycles. The first kappa shape index (κ1) is 17.1. The number of pyridine rings is 1. The number of nitrogens with zero attached hydrogens (tertiary/aromatic N) is 3. The van der Waals surface area contributed by atoms with E-state index in [-0.39, 0.29) is 7.33 Å². The molecule has 0 saturated heterocycles. The number of hydrogen-bond acceptors (Lipinski definition) is 3. The van der Waals surface area contributed by atoms with Crippen LogP contribution in [0.5, 0.6) is 0 Å². The minimum absolute atomic E-state index is 0. The van der Waals surface area contributed by atoms with E-state index in [1.807, 2.05) is 18.3 Å². The molecule has 2 aromatic rings. The molecule has 1 fully saturated rings. The van der Waals surface area contributed by atoms with Crippen molar-refractivity contribution in [1.82, 2.24) is 19.9 Å². The van der Waals surface area contributed by atoms with Crippen molar-refractivity contribution in [2.45, 2.75) is 38.1 Å². The number of nitrogens with one attached hydrogen (secondary N) is 1. The molecule has 0 bridgehead atoms. The number of carbonyl (C=O) groups is 1. The topological polar surface area (TPSA) is 59.8 Å². The predicted molar refractivity (Wildman–Crippen MR) is 84.9 cm³/mol. The van der Waals surface area contributed by atoms with Gasteiger partial charge in [0.1, 0.15) is 17.8 Å². The average molecular weight is 324 g/mol. The van der Waals surface area contributed by atoms with Gasteiger partial charge in [0.2, 0.25) is 6.93 Å². The SMILES string of the molecule is FCF.O=C(NC1CCCCC1)c1cccc(-n2ccnc2)n1.[HH]. The predicted octanol–water partition coefficient (Wildman–Crippen LogP) is 3.46. The largest absolute Gasteiger partial charge is 0.348 e. The fourth-order valence-electron chi connectivity index (χ4n) is 2.59. The first-order valence-corrected chi connectivity index (χ1v) is 7.62. The molecule has 0 aliphatic heterocycles. The fraction of sp³-hybridized carbons (Fsp3) is 0.438. The van der Waals surface area contributed by atoms with Crippen LogP contribution in [0.1, 0.15) is 44.0 Å². The van der Waals surface area contributed by atoms with Crippen LogP contribution < -0.4 is 5.32 Å². The van der Waals surface area contributed by atoms with E-state index in [0.29, 0.717) is 17.6 Å². The number of halogens is 2. The van der Waals surface area contributed by atoms with Crippen LogP contribution >= 0.6 is 0 Å². The van der Waals surface area contributed by atoms with Gasteiger partial charge in [-0.1, -0.05) is 25.3 Å². The number of alkyl halides is 2. The average Bonchev–Trinajstić information content (AvgIpc) is 3.11. The number of amides is 1. The Bertz CT molecular complexity index is 604. The molecule has 1 amide bonds. The fourth-order valence-corrected chi connectivity index (χ4v) is 2.59. The summed E-state index contributed by atoms with van der Waals surface area (Å²) in [6.45, 7) is -1.75. The second-order valence-corrected chi connectivity index (χ2v) is 5.26. The van der Waals surface area contributed by atoms with Gasteiger partial charge in [0, 0.05) is 19.9 Å².